The van der Waals surface area contributed by atoms with Gasteiger partial charge in [-0.25, -0.2) is 0 Å². The van der Waals surface area contributed by atoms with Crippen molar-refractivity contribution in [1.82, 2.24) is 0 Å². The first-order valence-corrected chi connectivity index (χ1v) is 11.5. The lowest BCUT2D eigenvalue weighted by atomic mass is 10.2. The van der Waals surface area contributed by atoms with Crippen LogP contribution < -0.4 is 0 Å². The van der Waals surface area contributed by atoms with Crippen molar-refractivity contribution in [2.45, 2.75) is 56.3 Å². The predicted octanol–water partition coefficient (Wildman–Crippen LogP) is 5.44. The van der Waals surface area contributed by atoms with Crippen LogP contribution >= 0.6 is 23.2 Å². The third kappa shape index (κ3) is 6.59. The highest BCUT2D eigenvalue weighted by Crippen LogP contribution is 2.36. The Labute approximate surface area is 146 Å². The van der Waals surface area contributed by atoms with Gasteiger partial charge in [0.2, 0.25) is 0 Å². The lowest BCUT2D eigenvalue weighted by Gasteiger charge is -2.37. The highest BCUT2D eigenvalue weighted by Gasteiger charge is 2.37. The van der Waals surface area contributed by atoms with Gasteiger partial charge in [-0.2, -0.15) is 0 Å². The lowest BCUT2D eigenvalue weighted by molar-refractivity contribution is 0.116. The minimum absolute atomic E-state index is 0.176. The van der Waals surface area contributed by atoms with E-state index in [0.717, 1.165) is 5.56 Å². The molecule has 0 saturated carbocycles. The standard InChI is InChI=1S/C17H28Cl2O2Si/c1-17(2,3)22(4,5)21-13-16(19)15(18)12-20-11-14-9-7-6-8-10-14/h6-10,15-16H,11-13H2,1-5H3/t15-,16+/m0/s1. The number of benzene rings is 1. The van der Waals surface area contributed by atoms with Crippen molar-refractivity contribution in [2.24, 2.45) is 0 Å². The average Bonchev–Trinajstić information content (AvgIpc) is 2.44. The van der Waals surface area contributed by atoms with Crippen LogP contribution in [0.2, 0.25) is 18.1 Å². The summed E-state index contributed by atoms with van der Waals surface area (Å²) in [6, 6.07) is 10.0. The van der Waals surface area contributed by atoms with Crippen molar-refractivity contribution in [2.75, 3.05) is 13.2 Å². The molecule has 2 atom stereocenters. The van der Waals surface area contributed by atoms with Crippen LogP contribution in [0.25, 0.3) is 0 Å². The largest absolute Gasteiger partial charge is 0.415 e. The summed E-state index contributed by atoms with van der Waals surface area (Å²) in [6.07, 6.45) is 0. The Morgan fingerprint density at radius 2 is 1.55 bits per heavy atom. The van der Waals surface area contributed by atoms with Crippen molar-refractivity contribution in [3.05, 3.63) is 35.9 Å². The van der Waals surface area contributed by atoms with Crippen molar-refractivity contribution in [3.8, 4) is 0 Å². The number of hydrogen-bond donors (Lipinski definition) is 0. The average molecular weight is 363 g/mol. The van der Waals surface area contributed by atoms with Gasteiger partial charge < -0.3 is 9.16 Å². The molecular weight excluding hydrogens is 335 g/mol. The van der Waals surface area contributed by atoms with Gasteiger partial charge in [0.1, 0.15) is 0 Å². The first-order chi connectivity index (χ1) is 10.1. The maximum atomic E-state index is 6.35. The lowest BCUT2D eigenvalue weighted by Crippen LogP contribution is -2.43. The highest BCUT2D eigenvalue weighted by atomic mass is 35.5. The van der Waals surface area contributed by atoms with Crippen molar-refractivity contribution >= 4 is 31.5 Å². The van der Waals surface area contributed by atoms with Gasteiger partial charge in [-0.15, -0.1) is 23.2 Å². The normalized spacial score (nSPS) is 15.6. The summed E-state index contributed by atoms with van der Waals surface area (Å²) in [6.45, 7) is 12.5. The topological polar surface area (TPSA) is 18.5 Å². The zero-order valence-corrected chi connectivity index (χ0v) is 16.7. The maximum absolute atomic E-state index is 6.35. The summed E-state index contributed by atoms with van der Waals surface area (Å²) in [5.74, 6) is 0. The summed E-state index contributed by atoms with van der Waals surface area (Å²) in [4.78, 5) is 0. The van der Waals surface area contributed by atoms with Crippen LogP contribution in [0.4, 0.5) is 0 Å². The first kappa shape index (κ1) is 20.0. The molecular formula is C17H28Cl2O2Si. The van der Waals surface area contributed by atoms with E-state index in [2.05, 4.69) is 33.9 Å². The SMILES string of the molecule is CC(C)(C)[Si](C)(C)OC[C@@H](Cl)[C@@H](Cl)COCc1ccccc1. The molecule has 0 amide bonds. The Hall–Kier alpha value is -0.0631. The molecule has 1 aromatic rings. The fraction of sp³-hybridized carbons (Fsp3) is 0.647. The molecule has 2 nitrogen and oxygen atoms in total. The van der Waals surface area contributed by atoms with Crippen LogP contribution in [-0.2, 0) is 15.8 Å². The molecule has 0 N–H and O–H groups in total. The number of halogens is 2. The maximum Gasteiger partial charge on any atom is 0.192 e. The van der Waals surface area contributed by atoms with Gasteiger partial charge >= 0.3 is 0 Å². The third-order valence-electron chi connectivity index (χ3n) is 4.19. The summed E-state index contributed by atoms with van der Waals surface area (Å²) < 4.78 is 11.7. The molecule has 22 heavy (non-hydrogen) atoms. The molecule has 1 rings (SSSR count). The van der Waals surface area contributed by atoms with Gasteiger partial charge in [0.05, 0.1) is 30.6 Å². The van der Waals surface area contributed by atoms with Gasteiger partial charge in [0.25, 0.3) is 0 Å². The fourth-order valence-electron chi connectivity index (χ4n) is 1.58. The molecule has 5 heteroatoms. The summed E-state index contributed by atoms with van der Waals surface area (Å²) in [5.41, 5.74) is 1.13. The van der Waals surface area contributed by atoms with E-state index < -0.39 is 8.32 Å². The van der Waals surface area contributed by atoms with E-state index in [0.29, 0.717) is 19.8 Å². The summed E-state index contributed by atoms with van der Waals surface area (Å²) in [7, 11) is -1.78. The van der Waals surface area contributed by atoms with Crippen LogP contribution in [-0.4, -0.2) is 32.3 Å². The van der Waals surface area contributed by atoms with Crippen LogP contribution in [0.15, 0.2) is 30.3 Å². The highest BCUT2D eigenvalue weighted by molar-refractivity contribution is 6.74. The van der Waals surface area contributed by atoms with E-state index in [1.165, 1.54) is 0 Å². The Kier molecular flexibility index (Phi) is 7.90. The Bertz CT molecular complexity index is 432. The molecule has 0 aliphatic carbocycles. The van der Waals surface area contributed by atoms with E-state index in [9.17, 15) is 0 Å². The van der Waals surface area contributed by atoms with Crippen LogP contribution in [0, 0.1) is 0 Å². The van der Waals surface area contributed by atoms with Gasteiger partial charge in [-0.3, -0.25) is 0 Å². The zero-order valence-electron chi connectivity index (χ0n) is 14.2. The Morgan fingerprint density at radius 3 is 2.09 bits per heavy atom. The summed E-state index contributed by atoms with van der Waals surface area (Å²) in [5, 5.41) is -0.323. The smallest absolute Gasteiger partial charge is 0.192 e. The predicted molar refractivity (Wildman–Crippen MR) is 98.5 cm³/mol. The molecule has 0 radical (unpaired) electrons. The number of hydrogen-bond acceptors (Lipinski definition) is 2. The van der Waals surface area contributed by atoms with Gasteiger partial charge in [-0.1, -0.05) is 51.1 Å². The number of rotatable bonds is 8. The van der Waals surface area contributed by atoms with Crippen molar-refractivity contribution in [3.63, 3.8) is 0 Å². The van der Waals surface area contributed by atoms with Crippen LogP contribution in [0.3, 0.4) is 0 Å². The van der Waals surface area contributed by atoms with E-state index in [4.69, 9.17) is 32.4 Å². The van der Waals surface area contributed by atoms with Crippen LogP contribution in [0.5, 0.6) is 0 Å². The summed E-state index contributed by atoms with van der Waals surface area (Å²) >= 11 is 12.7. The zero-order chi connectivity index (χ0) is 16.8. The molecule has 0 aliphatic heterocycles. The molecule has 1 aromatic carbocycles. The van der Waals surface area contributed by atoms with Crippen molar-refractivity contribution < 1.29 is 9.16 Å². The first-order valence-electron chi connectivity index (χ1n) is 7.67. The molecule has 0 bridgehead atoms. The quantitative estimate of drug-likeness (QED) is 0.452. The monoisotopic (exact) mass is 362 g/mol. The fourth-order valence-corrected chi connectivity index (χ4v) is 3.01. The molecule has 0 fully saturated rings. The van der Waals surface area contributed by atoms with E-state index >= 15 is 0 Å². The number of ether oxygens (including phenoxy) is 1. The van der Waals surface area contributed by atoms with E-state index in [1.54, 1.807) is 0 Å². The van der Waals surface area contributed by atoms with Gasteiger partial charge in [-0.05, 0) is 23.7 Å². The molecule has 0 aromatic heterocycles. The molecule has 0 aliphatic rings. The molecule has 0 heterocycles. The van der Waals surface area contributed by atoms with Gasteiger partial charge in [0.15, 0.2) is 8.32 Å². The Balaban J connectivity index is 2.32. The minimum atomic E-state index is -1.78. The Morgan fingerprint density at radius 1 is 1.00 bits per heavy atom. The van der Waals surface area contributed by atoms with E-state index in [1.807, 2.05) is 30.3 Å². The number of alkyl halides is 2. The molecule has 126 valence electrons. The van der Waals surface area contributed by atoms with Gasteiger partial charge in [0, 0.05) is 0 Å². The van der Waals surface area contributed by atoms with Crippen molar-refractivity contribution in [1.29, 1.82) is 0 Å². The molecule has 0 spiro atoms. The second-order valence-corrected chi connectivity index (χ2v) is 13.0. The van der Waals surface area contributed by atoms with E-state index in [-0.39, 0.29) is 15.8 Å². The minimum Gasteiger partial charge on any atom is -0.415 e. The molecule has 0 saturated heterocycles. The second-order valence-electron chi connectivity index (χ2n) is 7.10. The molecule has 0 unspecified atom stereocenters. The second kappa shape index (κ2) is 8.70. The van der Waals surface area contributed by atoms with Crippen LogP contribution in [0.1, 0.15) is 26.3 Å². The third-order valence-corrected chi connectivity index (χ3v) is 9.68.